The normalized spacial score (nSPS) is 15.0. The molecule has 1 aliphatic rings. The molecule has 0 saturated carbocycles. The van der Waals surface area contributed by atoms with Gasteiger partial charge in [-0.25, -0.2) is 4.79 Å². The molecule has 1 saturated heterocycles. The molecule has 0 spiro atoms. The molecule has 1 amide bonds. The Kier molecular flexibility index (Phi) is 7.39. The van der Waals surface area contributed by atoms with Crippen LogP contribution in [0.5, 0.6) is 17.5 Å². The van der Waals surface area contributed by atoms with E-state index in [0.717, 1.165) is 5.56 Å². The van der Waals surface area contributed by atoms with E-state index >= 15 is 0 Å². The average molecular weight is 416 g/mol. The van der Waals surface area contributed by atoms with E-state index in [4.69, 9.17) is 24.2 Å². The van der Waals surface area contributed by atoms with Crippen molar-refractivity contribution in [2.24, 2.45) is 5.16 Å². The van der Waals surface area contributed by atoms with Gasteiger partial charge in [-0.3, -0.25) is 0 Å². The largest absolute Gasteiger partial charge is 0.473 e. The highest BCUT2D eigenvalue weighted by molar-refractivity contribution is 5.98. The lowest BCUT2D eigenvalue weighted by Crippen LogP contribution is -2.41. The second kappa shape index (κ2) is 10.4. The first-order valence-electron chi connectivity index (χ1n) is 9.47. The van der Waals surface area contributed by atoms with Crippen LogP contribution in [0, 0.1) is 0 Å². The summed E-state index contributed by atoms with van der Waals surface area (Å²) >= 11 is 0. The molecule has 160 valence electrons. The number of carboxylic acid groups (broad SMARTS) is 1. The second-order valence-corrected chi connectivity index (χ2v) is 6.64. The number of methoxy groups -OCH3 is 1. The summed E-state index contributed by atoms with van der Waals surface area (Å²) in [5.41, 5.74) is 1.54. The lowest BCUT2D eigenvalue weighted by atomic mass is 10.1. The van der Waals surface area contributed by atoms with E-state index in [0.29, 0.717) is 43.3 Å². The Morgan fingerprint density at radius 1 is 1.13 bits per heavy atom. The van der Waals surface area contributed by atoms with E-state index in [9.17, 15) is 4.79 Å². The molecule has 1 aromatic heterocycles. The van der Waals surface area contributed by atoms with Gasteiger partial charge in [-0.1, -0.05) is 5.16 Å². The number of carbonyl (C=O) groups is 1. The Balaban J connectivity index is 1.49. The van der Waals surface area contributed by atoms with Gasteiger partial charge in [-0.05, 0) is 36.8 Å². The fraction of sp³-hybridized carbons (Fsp3) is 0.400. The molecule has 1 N–H and O–H groups in total. The van der Waals surface area contributed by atoms with E-state index in [1.165, 1.54) is 4.90 Å². The number of piperidine rings is 1. The van der Waals surface area contributed by atoms with Crippen molar-refractivity contribution in [2.45, 2.75) is 25.9 Å². The first-order valence-corrected chi connectivity index (χ1v) is 9.47. The number of likely N-dealkylation sites (tertiary alicyclic amines) is 1. The third kappa shape index (κ3) is 6.05. The van der Waals surface area contributed by atoms with Crippen LogP contribution < -0.4 is 14.3 Å². The predicted molar refractivity (Wildman–Crippen MR) is 107 cm³/mol. The molecule has 2 aromatic rings. The lowest BCUT2D eigenvalue weighted by molar-refractivity contribution is 0.0511. The summed E-state index contributed by atoms with van der Waals surface area (Å²) in [6.07, 6.45) is 0.245. The Morgan fingerprint density at radius 2 is 1.80 bits per heavy atom. The number of benzene rings is 1. The quantitative estimate of drug-likeness (QED) is 0.397. The van der Waals surface area contributed by atoms with Crippen LogP contribution in [0.15, 0.2) is 41.6 Å². The monoisotopic (exact) mass is 416 g/mol. The van der Waals surface area contributed by atoms with Gasteiger partial charge in [0, 0.05) is 45.2 Å². The highest BCUT2D eigenvalue weighted by Crippen LogP contribution is 2.18. The van der Waals surface area contributed by atoms with Crippen molar-refractivity contribution < 1.29 is 28.9 Å². The summed E-state index contributed by atoms with van der Waals surface area (Å²) in [6.45, 7) is 2.90. The highest BCUT2D eigenvalue weighted by Gasteiger charge is 2.23. The molecule has 1 aliphatic heterocycles. The number of oxime groups is 1. The van der Waals surface area contributed by atoms with Crippen LogP contribution in [-0.2, 0) is 4.74 Å². The van der Waals surface area contributed by atoms with Crippen molar-refractivity contribution >= 4 is 11.8 Å². The second-order valence-electron chi connectivity index (χ2n) is 6.64. The van der Waals surface area contributed by atoms with Crippen LogP contribution in [0.4, 0.5) is 4.79 Å². The molecule has 2 heterocycles. The van der Waals surface area contributed by atoms with Gasteiger partial charge in [0.15, 0.2) is 6.79 Å². The summed E-state index contributed by atoms with van der Waals surface area (Å²) in [4.78, 5) is 17.7. The number of hydrogen-bond donors (Lipinski definition) is 1. The van der Waals surface area contributed by atoms with Crippen LogP contribution in [-0.4, -0.2) is 65.1 Å². The van der Waals surface area contributed by atoms with Crippen molar-refractivity contribution in [2.75, 3.05) is 27.0 Å². The Bertz CT molecular complexity index is 849. The molecule has 1 fully saturated rings. The molecule has 0 atom stereocenters. The molecule has 3 rings (SSSR count). The molecule has 10 heteroatoms. The Hall–Kier alpha value is -3.40. The van der Waals surface area contributed by atoms with Crippen molar-refractivity contribution in [3.8, 4) is 17.5 Å². The van der Waals surface area contributed by atoms with Crippen LogP contribution in [0.25, 0.3) is 0 Å². The Morgan fingerprint density at radius 3 is 2.40 bits per heavy atom. The maximum atomic E-state index is 10.9. The number of nitrogens with zero attached hydrogens (tertiary/aromatic N) is 4. The third-order valence-electron chi connectivity index (χ3n) is 4.51. The predicted octanol–water partition coefficient (Wildman–Crippen LogP) is 2.78. The summed E-state index contributed by atoms with van der Waals surface area (Å²) < 4.78 is 16.0. The Labute approximate surface area is 174 Å². The lowest BCUT2D eigenvalue weighted by Gasteiger charge is -2.29. The van der Waals surface area contributed by atoms with Gasteiger partial charge >= 0.3 is 6.09 Å². The topological polar surface area (TPSA) is 116 Å². The number of rotatable bonds is 8. The van der Waals surface area contributed by atoms with Gasteiger partial charge < -0.3 is 29.1 Å². The maximum absolute atomic E-state index is 10.9. The van der Waals surface area contributed by atoms with Crippen LogP contribution in [0.1, 0.15) is 25.3 Å². The van der Waals surface area contributed by atoms with E-state index in [2.05, 4.69) is 15.4 Å². The van der Waals surface area contributed by atoms with Gasteiger partial charge in [-0.15, -0.1) is 10.2 Å². The zero-order chi connectivity index (χ0) is 21.3. The minimum absolute atomic E-state index is 0.0854. The molecule has 1 aromatic carbocycles. The van der Waals surface area contributed by atoms with Gasteiger partial charge in [0.25, 0.3) is 5.88 Å². The molecule has 0 aliphatic carbocycles. The molecule has 10 nitrogen and oxygen atoms in total. The van der Waals surface area contributed by atoms with Crippen LogP contribution in [0.3, 0.4) is 0 Å². The number of hydrogen-bond acceptors (Lipinski definition) is 8. The van der Waals surface area contributed by atoms with Crippen molar-refractivity contribution in [3.05, 3.63) is 42.0 Å². The van der Waals surface area contributed by atoms with Gasteiger partial charge in [0.1, 0.15) is 11.9 Å². The zero-order valence-electron chi connectivity index (χ0n) is 16.9. The van der Waals surface area contributed by atoms with E-state index in [-0.39, 0.29) is 18.8 Å². The third-order valence-corrected chi connectivity index (χ3v) is 4.51. The first kappa shape index (κ1) is 21.3. The molecular formula is C20H24N4O6. The molecular weight excluding hydrogens is 392 g/mol. The van der Waals surface area contributed by atoms with Crippen molar-refractivity contribution in [3.63, 3.8) is 0 Å². The molecule has 0 bridgehead atoms. The van der Waals surface area contributed by atoms with E-state index in [1.807, 2.05) is 31.2 Å². The standard InChI is InChI=1S/C20H24N4O6/c1-14(15-3-5-16(6-4-15)28-13-27-2)23-30-19-8-7-18(21-22-19)29-17-9-11-24(12-10-17)20(25)26/h3-8,17H,9-13H2,1-2H3,(H,25,26). The van der Waals surface area contributed by atoms with Crippen LogP contribution in [0.2, 0.25) is 0 Å². The summed E-state index contributed by atoms with van der Waals surface area (Å²) in [5.74, 6) is 1.30. The summed E-state index contributed by atoms with van der Waals surface area (Å²) in [5, 5.41) is 21.0. The molecule has 30 heavy (non-hydrogen) atoms. The first-order chi connectivity index (χ1) is 14.5. The van der Waals surface area contributed by atoms with Gasteiger partial charge in [0.2, 0.25) is 5.88 Å². The fourth-order valence-electron chi connectivity index (χ4n) is 2.84. The minimum atomic E-state index is -0.902. The zero-order valence-corrected chi connectivity index (χ0v) is 16.9. The number of aromatic nitrogens is 2. The number of ether oxygens (including phenoxy) is 3. The van der Waals surface area contributed by atoms with Crippen LogP contribution >= 0.6 is 0 Å². The summed E-state index contributed by atoms with van der Waals surface area (Å²) in [7, 11) is 1.56. The van der Waals surface area contributed by atoms with E-state index in [1.54, 1.807) is 19.2 Å². The smallest absolute Gasteiger partial charge is 0.407 e. The molecule has 0 unspecified atom stereocenters. The maximum Gasteiger partial charge on any atom is 0.407 e. The fourth-order valence-corrected chi connectivity index (χ4v) is 2.84. The SMILES string of the molecule is COCOc1ccc(C(C)=NOc2ccc(OC3CCN(C(=O)O)CC3)nn2)cc1. The average Bonchev–Trinajstić information content (AvgIpc) is 2.77. The van der Waals surface area contributed by atoms with Crippen molar-refractivity contribution in [1.82, 2.24) is 15.1 Å². The number of amides is 1. The molecule has 0 radical (unpaired) electrons. The summed E-state index contributed by atoms with van der Waals surface area (Å²) in [6, 6.07) is 10.6. The minimum Gasteiger partial charge on any atom is -0.473 e. The van der Waals surface area contributed by atoms with Crippen molar-refractivity contribution in [1.29, 1.82) is 0 Å². The highest BCUT2D eigenvalue weighted by atomic mass is 16.7. The van der Waals surface area contributed by atoms with Gasteiger partial charge in [-0.2, -0.15) is 0 Å². The van der Waals surface area contributed by atoms with Gasteiger partial charge in [0.05, 0.1) is 5.71 Å². The van der Waals surface area contributed by atoms with E-state index < -0.39 is 6.09 Å².